The number of hydrogen-bond donors (Lipinski definition) is 2. The zero-order valence-corrected chi connectivity index (χ0v) is 8.29. The molecule has 0 bridgehead atoms. The van der Waals surface area contributed by atoms with Crippen LogP contribution in [0.1, 0.15) is 25.7 Å². The minimum atomic E-state index is -0.733. The molecule has 0 aromatic carbocycles. The number of hydrogen-bond acceptors (Lipinski definition) is 3. The van der Waals surface area contributed by atoms with Crippen LogP contribution in [0.5, 0.6) is 0 Å². The third-order valence-corrected chi connectivity index (χ3v) is 2.96. The summed E-state index contributed by atoms with van der Waals surface area (Å²) in [4.78, 5) is 11.3. The molecule has 0 unspecified atom stereocenters. The Morgan fingerprint density at radius 1 is 1.43 bits per heavy atom. The zero-order valence-electron chi connectivity index (χ0n) is 8.29. The second-order valence-electron chi connectivity index (χ2n) is 4.33. The van der Waals surface area contributed by atoms with Crippen molar-refractivity contribution in [2.24, 2.45) is 5.92 Å². The fourth-order valence-corrected chi connectivity index (χ4v) is 1.67. The number of carbonyl (C=O) groups is 1. The summed E-state index contributed by atoms with van der Waals surface area (Å²) >= 11 is 0. The van der Waals surface area contributed by atoms with Gasteiger partial charge in [-0.1, -0.05) is 0 Å². The van der Waals surface area contributed by atoms with Crippen LogP contribution in [0.3, 0.4) is 0 Å². The highest BCUT2D eigenvalue weighted by atomic mass is 16.5. The average molecular weight is 199 g/mol. The molecule has 1 amide bonds. The summed E-state index contributed by atoms with van der Waals surface area (Å²) in [7, 11) is 0. The molecule has 1 saturated heterocycles. The van der Waals surface area contributed by atoms with Crippen molar-refractivity contribution >= 4 is 5.91 Å². The average Bonchev–Trinajstić information content (AvgIpc) is 2.99. The molecule has 4 heteroatoms. The lowest BCUT2D eigenvalue weighted by Crippen LogP contribution is -2.46. The van der Waals surface area contributed by atoms with Gasteiger partial charge in [-0.2, -0.15) is 0 Å². The van der Waals surface area contributed by atoms with E-state index >= 15 is 0 Å². The van der Waals surface area contributed by atoms with Gasteiger partial charge in [-0.25, -0.2) is 0 Å². The van der Waals surface area contributed by atoms with Crippen LogP contribution in [0.2, 0.25) is 0 Å². The van der Waals surface area contributed by atoms with Gasteiger partial charge in [-0.3, -0.25) is 4.79 Å². The van der Waals surface area contributed by atoms with E-state index < -0.39 is 5.60 Å². The van der Waals surface area contributed by atoms with E-state index in [2.05, 4.69) is 5.32 Å². The third-order valence-electron chi connectivity index (χ3n) is 2.96. The van der Waals surface area contributed by atoms with Gasteiger partial charge >= 0.3 is 0 Å². The Kier molecular flexibility index (Phi) is 2.74. The molecule has 4 nitrogen and oxygen atoms in total. The van der Waals surface area contributed by atoms with Gasteiger partial charge in [0, 0.05) is 38.5 Å². The number of amides is 1. The fraction of sp³-hybridized carbons (Fsp3) is 0.900. The van der Waals surface area contributed by atoms with E-state index in [1.807, 2.05) is 0 Å². The smallest absolute Gasteiger partial charge is 0.223 e. The zero-order chi connectivity index (χ0) is 10.0. The van der Waals surface area contributed by atoms with Crippen LogP contribution in [-0.4, -0.2) is 36.4 Å². The summed E-state index contributed by atoms with van der Waals surface area (Å²) < 4.78 is 5.16. The molecule has 0 atom stereocenters. The van der Waals surface area contributed by atoms with E-state index in [1.54, 1.807) is 0 Å². The van der Waals surface area contributed by atoms with Gasteiger partial charge in [-0.15, -0.1) is 0 Å². The molecule has 0 radical (unpaired) electrons. The summed E-state index contributed by atoms with van der Waals surface area (Å²) in [6.07, 6.45) is 3.26. The number of aliphatic hydroxyl groups is 1. The molecule has 1 aliphatic carbocycles. The van der Waals surface area contributed by atoms with Crippen LogP contribution < -0.4 is 5.32 Å². The molecule has 0 aromatic heterocycles. The Labute approximate surface area is 83.6 Å². The van der Waals surface area contributed by atoms with Crippen molar-refractivity contribution in [3.05, 3.63) is 0 Å². The first-order valence-corrected chi connectivity index (χ1v) is 5.27. The minimum absolute atomic E-state index is 0.102. The Morgan fingerprint density at radius 3 is 2.64 bits per heavy atom. The molecule has 14 heavy (non-hydrogen) atoms. The summed E-state index contributed by atoms with van der Waals surface area (Å²) in [5.41, 5.74) is -0.733. The van der Waals surface area contributed by atoms with Crippen LogP contribution in [0, 0.1) is 5.92 Å². The van der Waals surface area contributed by atoms with E-state index in [9.17, 15) is 9.90 Å². The Hall–Kier alpha value is -0.610. The molecule has 0 spiro atoms. The van der Waals surface area contributed by atoms with Crippen LogP contribution in [-0.2, 0) is 9.53 Å². The molecule has 80 valence electrons. The molecule has 1 saturated carbocycles. The molecule has 1 heterocycles. The highest BCUT2D eigenvalue weighted by Crippen LogP contribution is 2.29. The summed E-state index contributed by atoms with van der Waals surface area (Å²) in [5, 5.41) is 12.8. The predicted octanol–water partition coefficient (Wildman–Crippen LogP) is 0.0541. The second-order valence-corrected chi connectivity index (χ2v) is 4.33. The third kappa shape index (κ3) is 2.45. The molecule has 2 N–H and O–H groups in total. The maximum atomic E-state index is 11.3. The van der Waals surface area contributed by atoms with Crippen molar-refractivity contribution in [3.8, 4) is 0 Å². The fourth-order valence-electron chi connectivity index (χ4n) is 1.67. The molecule has 0 aromatic rings. The Bertz CT molecular complexity index is 219. The maximum absolute atomic E-state index is 11.3. The largest absolute Gasteiger partial charge is 0.388 e. The lowest BCUT2D eigenvalue weighted by molar-refractivity contribution is -0.125. The summed E-state index contributed by atoms with van der Waals surface area (Å²) in [6.45, 7) is 1.57. The van der Waals surface area contributed by atoms with E-state index in [-0.39, 0.29) is 11.8 Å². The topological polar surface area (TPSA) is 58.6 Å². The first-order chi connectivity index (χ1) is 6.70. The maximum Gasteiger partial charge on any atom is 0.223 e. The van der Waals surface area contributed by atoms with E-state index in [0.29, 0.717) is 32.6 Å². The van der Waals surface area contributed by atoms with E-state index in [0.717, 1.165) is 12.8 Å². The Balaban J connectivity index is 1.74. The molecule has 2 aliphatic rings. The number of carbonyl (C=O) groups excluding carboxylic acids is 1. The SMILES string of the molecule is O=C(NCC1(O)CCOCC1)C1CC1. The lowest BCUT2D eigenvalue weighted by atomic mass is 9.94. The molecule has 2 rings (SSSR count). The minimum Gasteiger partial charge on any atom is -0.388 e. The molecular formula is C10H17NO3. The van der Waals surface area contributed by atoms with Crippen molar-refractivity contribution in [1.82, 2.24) is 5.32 Å². The van der Waals surface area contributed by atoms with E-state index in [4.69, 9.17) is 4.74 Å². The molecular weight excluding hydrogens is 182 g/mol. The summed E-state index contributed by atoms with van der Waals surface area (Å²) in [6, 6.07) is 0. The Morgan fingerprint density at radius 2 is 2.07 bits per heavy atom. The van der Waals surface area contributed by atoms with Crippen LogP contribution in [0.25, 0.3) is 0 Å². The van der Waals surface area contributed by atoms with Gasteiger partial charge in [0.25, 0.3) is 0 Å². The van der Waals surface area contributed by atoms with Gasteiger partial charge in [0.2, 0.25) is 5.91 Å². The number of ether oxygens (including phenoxy) is 1. The predicted molar refractivity (Wildman–Crippen MR) is 50.7 cm³/mol. The monoisotopic (exact) mass is 199 g/mol. The van der Waals surface area contributed by atoms with Crippen molar-refractivity contribution in [2.45, 2.75) is 31.3 Å². The van der Waals surface area contributed by atoms with Gasteiger partial charge in [-0.05, 0) is 12.8 Å². The van der Waals surface area contributed by atoms with Crippen LogP contribution in [0.15, 0.2) is 0 Å². The van der Waals surface area contributed by atoms with Crippen molar-refractivity contribution in [2.75, 3.05) is 19.8 Å². The first-order valence-electron chi connectivity index (χ1n) is 5.27. The van der Waals surface area contributed by atoms with Crippen molar-refractivity contribution < 1.29 is 14.6 Å². The van der Waals surface area contributed by atoms with Gasteiger partial charge < -0.3 is 15.2 Å². The lowest BCUT2D eigenvalue weighted by Gasteiger charge is -2.32. The van der Waals surface area contributed by atoms with Crippen molar-refractivity contribution in [1.29, 1.82) is 0 Å². The quantitative estimate of drug-likeness (QED) is 0.675. The molecule has 2 fully saturated rings. The van der Waals surface area contributed by atoms with Gasteiger partial charge in [0.05, 0.1) is 5.60 Å². The highest BCUT2D eigenvalue weighted by Gasteiger charge is 2.33. The van der Waals surface area contributed by atoms with Crippen LogP contribution in [0.4, 0.5) is 0 Å². The highest BCUT2D eigenvalue weighted by molar-refractivity contribution is 5.80. The first kappa shape index (κ1) is 9.93. The number of nitrogens with one attached hydrogen (secondary N) is 1. The van der Waals surface area contributed by atoms with E-state index in [1.165, 1.54) is 0 Å². The van der Waals surface area contributed by atoms with Gasteiger partial charge in [0.1, 0.15) is 0 Å². The van der Waals surface area contributed by atoms with Gasteiger partial charge in [0.15, 0.2) is 0 Å². The number of rotatable bonds is 3. The summed E-state index contributed by atoms with van der Waals surface area (Å²) in [5.74, 6) is 0.323. The second kappa shape index (κ2) is 3.87. The molecule has 1 aliphatic heterocycles. The van der Waals surface area contributed by atoms with Crippen molar-refractivity contribution in [3.63, 3.8) is 0 Å². The van der Waals surface area contributed by atoms with Crippen LogP contribution >= 0.6 is 0 Å². The standard InChI is InChI=1S/C10H17NO3/c12-9(8-1-2-8)11-7-10(13)3-5-14-6-4-10/h8,13H,1-7H2,(H,11,12). The normalized spacial score (nSPS) is 25.8.